The van der Waals surface area contributed by atoms with Crippen molar-refractivity contribution >= 4 is 12.0 Å². The molecule has 1 aliphatic rings. The molecule has 3 rings (SSSR count). The van der Waals surface area contributed by atoms with Gasteiger partial charge >= 0.3 is 6.09 Å². The molecule has 7 nitrogen and oxygen atoms in total. The summed E-state index contributed by atoms with van der Waals surface area (Å²) < 4.78 is 5.90. The Kier molecular flexibility index (Phi) is 5.26. The monoisotopic (exact) mass is 380 g/mol. The smallest absolute Gasteiger partial charge is 0.418 e. The minimum Gasteiger partial charge on any atom is -0.430 e. The van der Waals surface area contributed by atoms with Crippen molar-refractivity contribution in [1.29, 1.82) is 0 Å². The zero-order valence-corrected chi connectivity index (χ0v) is 15.5. The fraction of sp³-hybridized carbons (Fsp3) is 0.238. The number of imide groups is 1. The van der Waals surface area contributed by atoms with Crippen molar-refractivity contribution in [3.63, 3.8) is 0 Å². The van der Waals surface area contributed by atoms with Crippen LogP contribution in [0.3, 0.4) is 0 Å². The average molecular weight is 380 g/mol. The molecule has 144 valence electrons. The summed E-state index contributed by atoms with van der Waals surface area (Å²) >= 11 is 0. The van der Waals surface area contributed by atoms with Crippen molar-refractivity contribution in [1.82, 2.24) is 4.90 Å². The van der Waals surface area contributed by atoms with Gasteiger partial charge in [0.25, 0.3) is 5.91 Å². The summed E-state index contributed by atoms with van der Waals surface area (Å²) in [6.45, 7) is 3.76. The molecule has 0 radical (unpaired) electrons. The highest BCUT2D eigenvalue weighted by atomic mass is 16.6. The molecule has 0 N–H and O–H groups in total. The average Bonchev–Trinajstić information content (AvgIpc) is 3.02. The van der Waals surface area contributed by atoms with Crippen LogP contribution >= 0.6 is 0 Å². The summed E-state index contributed by atoms with van der Waals surface area (Å²) in [5, 5.41) is 10.6. The lowest BCUT2D eigenvalue weighted by atomic mass is 9.75. The van der Waals surface area contributed by atoms with E-state index in [-0.39, 0.29) is 5.92 Å². The summed E-state index contributed by atoms with van der Waals surface area (Å²) in [4.78, 5) is 36.3. The molecule has 1 aliphatic heterocycles. The first kappa shape index (κ1) is 19.3. The van der Waals surface area contributed by atoms with E-state index < -0.39 is 28.6 Å². The van der Waals surface area contributed by atoms with Gasteiger partial charge in [0, 0.05) is 11.1 Å². The zero-order valence-electron chi connectivity index (χ0n) is 15.5. The molecule has 0 bridgehead atoms. The maximum Gasteiger partial charge on any atom is 0.418 e. The highest BCUT2D eigenvalue weighted by Gasteiger charge is 2.59. The second-order valence-corrected chi connectivity index (χ2v) is 6.83. The van der Waals surface area contributed by atoms with Crippen molar-refractivity contribution in [2.45, 2.75) is 25.5 Å². The Bertz CT molecular complexity index is 869. The molecular formula is C21H20N2O5. The first-order valence-corrected chi connectivity index (χ1v) is 8.87. The fourth-order valence-corrected chi connectivity index (χ4v) is 3.74. The fourth-order valence-electron chi connectivity index (χ4n) is 3.74. The number of ether oxygens (including phenoxy) is 1. The summed E-state index contributed by atoms with van der Waals surface area (Å²) in [6.07, 6.45) is 0.477. The number of carbonyl (C=O) groups is 2. The van der Waals surface area contributed by atoms with Gasteiger partial charge in [-0.25, -0.2) is 9.69 Å². The number of nitro groups is 1. The Labute approximate surface area is 162 Å². The predicted molar refractivity (Wildman–Crippen MR) is 102 cm³/mol. The molecule has 1 atom stereocenters. The molecule has 1 heterocycles. The van der Waals surface area contributed by atoms with Crippen molar-refractivity contribution in [3.05, 3.63) is 94.2 Å². The van der Waals surface area contributed by atoms with E-state index in [1.165, 1.54) is 0 Å². The first-order chi connectivity index (χ1) is 13.4. The van der Waals surface area contributed by atoms with Crippen molar-refractivity contribution < 1.29 is 19.2 Å². The Balaban J connectivity index is 2.21. The number of benzene rings is 2. The third kappa shape index (κ3) is 3.26. The topological polar surface area (TPSA) is 89.8 Å². The van der Waals surface area contributed by atoms with E-state index in [0.29, 0.717) is 6.20 Å². The van der Waals surface area contributed by atoms with Crippen molar-refractivity contribution in [2.24, 2.45) is 5.92 Å². The number of nitrogens with zero attached hydrogens (tertiary/aromatic N) is 2. The molecule has 0 aromatic heterocycles. The molecule has 0 aliphatic carbocycles. The third-order valence-electron chi connectivity index (χ3n) is 4.75. The largest absolute Gasteiger partial charge is 0.430 e. The Morgan fingerprint density at radius 3 is 2.04 bits per heavy atom. The van der Waals surface area contributed by atoms with Crippen LogP contribution in [0.2, 0.25) is 0 Å². The van der Waals surface area contributed by atoms with Gasteiger partial charge in [0.05, 0.1) is 17.0 Å². The molecule has 28 heavy (non-hydrogen) atoms. The second kappa shape index (κ2) is 7.64. The van der Waals surface area contributed by atoms with E-state index in [9.17, 15) is 19.7 Å². The van der Waals surface area contributed by atoms with Gasteiger partial charge in [-0.3, -0.25) is 14.9 Å². The summed E-state index contributed by atoms with van der Waals surface area (Å²) in [7, 11) is 0. The quantitative estimate of drug-likeness (QED) is 0.448. The van der Waals surface area contributed by atoms with Gasteiger partial charge in [-0.05, 0) is 5.92 Å². The number of hydrogen-bond donors (Lipinski definition) is 0. The van der Waals surface area contributed by atoms with Crippen LogP contribution in [-0.4, -0.2) is 27.9 Å². The second-order valence-electron chi connectivity index (χ2n) is 6.83. The normalized spacial score (nSPS) is 18.5. The zero-order chi connectivity index (χ0) is 20.3. The molecule has 2 aromatic carbocycles. The molecule has 1 saturated heterocycles. The van der Waals surface area contributed by atoms with Gasteiger partial charge < -0.3 is 4.74 Å². The van der Waals surface area contributed by atoms with Crippen LogP contribution in [0.5, 0.6) is 0 Å². The predicted octanol–water partition coefficient (Wildman–Crippen LogP) is 3.72. The highest BCUT2D eigenvalue weighted by molar-refractivity contribution is 6.00. The minimum atomic E-state index is -1.22. The Morgan fingerprint density at radius 1 is 1.11 bits per heavy atom. The van der Waals surface area contributed by atoms with Crippen molar-refractivity contribution in [3.8, 4) is 0 Å². The van der Waals surface area contributed by atoms with E-state index in [1.807, 2.05) is 74.5 Å². The number of hydrogen-bond acceptors (Lipinski definition) is 5. The maximum atomic E-state index is 12.8. The van der Waals surface area contributed by atoms with E-state index in [0.717, 1.165) is 22.1 Å². The molecule has 7 heteroatoms. The number of carbonyl (C=O) groups excluding carboxylic acids is 2. The molecule has 0 unspecified atom stereocenters. The van der Waals surface area contributed by atoms with Crippen LogP contribution < -0.4 is 0 Å². The van der Waals surface area contributed by atoms with Gasteiger partial charge in [-0.15, -0.1) is 0 Å². The van der Waals surface area contributed by atoms with Crippen LogP contribution in [0.25, 0.3) is 0 Å². The first-order valence-electron chi connectivity index (χ1n) is 8.87. The van der Waals surface area contributed by atoms with Crippen LogP contribution in [0.1, 0.15) is 25.0 Å². The lowest BCUT2D eigenvalue weighted by molar-refractivity contribution is -0.402. The lowest BCUT2D eigenvalue weighted by Gasteiger charge is -2.37. The van der Waals surface area contributed by atoms with Gasteiger partial charge in [-0.1, -0.05) is 74.5 Å². The molecule has 0 spiro atoms. The summed E-state index contributed by atoms with van der Waals surface area (Å²) in [5.74, 6) is -0.964. The van der Waals surface area contributed by atoms with Gasteiger partial charge in [0.2, 0.25) is 6.20 Å². The minimum absolute atomic E-state index is 0.181. The van der Waals surface area contributed by atoms with E-state index in [1.54, 1.807) is 0 Å². The molecule has 1 fully saturated rings. The summed E-state index contributed by atoms with van der Waals surface area (Å²) in [5.41, 5.74) is 0.231. The SMILES string of the molecule is CC(C)[C@@H]1N(C(=O)/C=C/[N+](=O)[O-])C(=O)OC1(c1ccccc1)c1ccccc1. The van der Waals surface area contributed by atoms with Crippen molar-refractivity contribution in [2.75, 3.05) is 0 Å². The van der Waals surface area contributed by atoms with Gasteiger partial charge in [0.1, 0.15) is 0 Å². The molecule has 0 saturated carbocycles. The molecular weight excluding hydrogens is 360 g/mol. The Morgan fingerprint density at radius 2 is 1.61 bits per heavy atom. The highest BCUT2D eigenvalue weighted by Crippen LogP contribution is 2.47. The lowest BCUT2D eigenvalue weighted by Crippen LogP contribution is -2.49. The third-order valence-corrected chi connectivity index (χ3v) is 4.75. The van der Waals surface area contributed by atoms with Crippen LogP contribution in [0, 0.1) is 16.0 Å². The molecule has 2 aromatic rings. The van der Waals surface area contributed by atoms with Crippen LogP contribution in [0.15, 0.2) is 72.9 Å². The van der Waals surface area contributed by atoms with Crippen LogP contribution in [-0.2, 0) is 15.1 Å². The van der Waals surface area contributed by atoms with E-state index >= 15 is 0 Å². The Hall–Kier alpha value is -3.48. The van der Waals surface area contributed by atoms with Gasteiger partial charge in [0.15, 0.2) is 5.60 Å². The van der Waals surface area contributed by atoms with Gasteiger partial charge in [-0.2, -0.15) is 0 Å². The van der Waals surface area contributed by atoms with E-state index in [2.05, 4.69) is 0 Å². The molecule has 2 amide bonds. The van der Waals surface area contributed by atoms with Crippen LogP contribution in [0.4, 0.5) is 4.79 Å². The summed E-state index contributed by atoms with van der Waals surface area (Å²) in [6, 6.07) is 17.7. The maximum absolute atomic E-state index is 12.8. The standard InChI is InChI=1S/C21H20N2O5/c1-15(2)19-21(16-9-5-3-6-10-16,17-11-7-4-8-12-17)28-20(25)23(19)18(24)13-14-22(26)27/h3-15,19H,1-2H3/b14-13+/t19-/m0/s1. The van der Waals surface area contributed by atoms with E-state index in [4.69, 9.17) is 4.74 Å². The number of cyclic esters (lactones) is 1. The number of amides is 2. The number of rotatable bonds is 5.